The van der Waals surface area contributed by atoms with E-state index in [1.165, 1.54) is 27.5 Å². The highest BCUT2D eigenvalue weighted by Gasteiger charge is 2.12. The van der Waals surface area contributed by atoms with Gasteiger partial charge in [0.25, 0.3) is 14.7 Å². The van der Waals surface area contributed by atoms with Crippen molar-refractivity contribution in [1.29, 1.82) is 0 Å². The van der Waals surface area contributed by atoms with Gasteiger partial charge in [0.15, 0.2) is 0 Å². The zero-order chi connectivity index (χ0) is 9.83. The van der Waals surface area contributed by atoms with E-state index in [0.717, 1.165) is 0 Å². The standard InChI is InChI=1S/C6H12O4P2/c1-9-11(3,7)5-6-12(4,8)10-2/h1-4H3. The van der Waals surface area contributed by atoms with Gasteiger partial charge in [-0.05, 0) is 11.3 Å². The molecule has 0 spiro atoms. The first-order valence-corrected chi connectivity index (χ1v) is 7.28. The summed E-state index contributed by atoms with van der Waals surface area (Å²) in [5.41, 5.74) is 4.59. The summed E-state index contributed by atoms with van der Waals surface area (Å²) in [6, 6.07) is 0. The molecule has 4 nitrogen and oxygen atoms in total. The molecule has 0 aliphatic heterocycles. The van der Waals surface area contributed by atoms with E-state index >= 15 is 0 Å². The summed E-state index contributed by atoms with van der Waals surface area (Å²) in [4.78, 5) is 0. The Morgan fingerprint density at radius 2 is 1.17 bits per heavy atom. The van der Waals surface area contributed by atoms with Crippen molar-refractivity contribution in [3.63, 3.8) is 0 Å². The first-order valence-electron chi connectivity index (χ1n) is 3.14. The van der Waals surface area contributed by atoms with Crippen molar-refractivity contribution in [3.8, 4) is 11.3 Å². The molecule has 0 N–H and O–H groups in total. The summed E-state index contributed by atoms with van der Waals surface area (Å²) < 4.78 is 31.5. The second-order valence-corrected chi connectivity index (χ2v) is 6.84. The highest BCUT2D eigenvalue weighted by Crippen LogP contribution is 2.45. The van der Waals surface area contributed by atoms with E-state index in [1.54, 1.807) is 0 Å². The first-order chi connectivity index (χ1) is 5.33. The van der Waals surface area contributed by atoms with Crippen molar-refractivity contribution in [2.75, 3.05) is 27.5 Å². The van der Waals surface area contributed by atoms with Gasteiger partial charge >= 0.3 is 0 Å². The van der Waals surface area contributed by atoms with Gasteiger partial charge in [-0.15, -0.1) is 0 Å². The quantitative estimate of drug-likeness (QED) is 0.516. The average Bonchev–Trinajstić information content (AvgIpc) is 2.02. The van der Waals surface area contributed by atoms with Crippen molar-refractivity contribution in [2.45, 2.75) is 0 Å². The minimum absolute atomic E-state index is 1.29. The van der Waals surface area contributed by atoms with Crippen LogP contribution in [0.5, 0.6) is 0 Å². The maximum Gasteiger partial charge on any atom is 0.270 e. The monoisotopic (exact) mass is 210 g/mol. The van der Waals surface area contributed by atoms with Crippen LogP contribution in [-0.4, -0.2) is 27.5 Å². The molecular weight excluding hydrogens is 198 g/mol. The van der Waals surface area contributed by atoms with E-state index < -0.39 is 14.7 Å². The topological polar surface area (TPSA) is 52.6 Å². The van der Waals surface area contributed by atoms with Gasteiger partial charge in [0, 0.05) is 27.5 Å². The Labute approximate surface area is 72.5 Å². The van der Waals surface area contributed by atoms with Crippen LogP contribution >= 0.6 is 14.7 Å². The summed E-state index contributed by atoms with van der Waals surface area (Å²) >= 11 is 0. The molecule has 0 aromatic rings. The molecule has 0 radical (unpaired) electrons. The third-order valence-electron chi connectivity index (χ3n) is 1.15. The van der Waals surface area contributed by atoms with Crippen LogP contribution < -0.4 is 0 Å². The van der Waals surface area contributed by atoms with Crippen LogP contribution in [0.25, 0.3) is 0 Å². The van der Waals surface area contributed by atoms with Crippen LogP contribution in [0.2, 0.25) is 0 Å². The van der Waals surface area contributed by atoms with Gasteiger partial charge in [0.1, 0.15) is 0 Å². The molecule has 0 bridgehead atoms. The Morgan fingerprint density at radius 3 is 1.33 bits per heavy atom. The molecule has 0 saturated heterocycles. The van der Waals surface area contributed by atoms with Crippen LogP contribution in [-0.2, 0) is 18.2 Å². The second-order valence-electron chi connectivity index (χ2n) is 2.28. The van der Waals surface area contributed by atoms with E-state index in [2.05, 4.69) is 20.4 Å². The van der Waals surface area contributed by atoms with Gasteiger partial charge in [-0.2, -0.15) is 0 Å². The lowest BCUT2D eigenvalue weighted by Gasteiger charge is -2.02. The van der Waals surface area contributed by atoms with Crippen LogP contribution in [0, 0.1) is 11.3 Å². The fourth-order valence-corrected chi connectivity index (χ4v) is 1.91. The largest absolute Gasteiger partial charge is 0.323 e. The van der Waals surface area contributed by atoms with Gasteiger partial charge in [-0.1, -0.05) is 0 Å². The van der Waals surface area contributed by atoms with E-state index in [1.807, 2.05) is 0 Å². The molecule has 0 fully saturated rings. The van der Waals surface area contributed by atoms with Crippen molar-refractivity contribution in [3.05, 3.63) is 0 Å². The molecule has 0 aromatic heterocycles. The Bertz CT molecular complexity index is 270. The van der Waals surface area contributed by atoms with Gasteiger partial charge in [0.2, 0.25) is 0 Å². The number of hydrogen-bond acceptors (Lipinski definition) is 4. The van der Waals surface area contributed by atoms with Gasteiger partial charge in [-0.3, -0.25) is 9.13 Å². The molecule has 0 aliphatic rings. The molecule has 2 unspecified atom stereocenters. The maximum atomic E-state index is 11.2. The molecule has 12 heavy (non-hydrogen) atoms. The number of rotatable bonds is 2. The molecule has 0 amide bonds. The molecular formula is C6H12O4P2. The first kappa shape index (κ1) is 11.9. The maximum absolute atomic E-state index is 11.2. The summed E-state index contributed by atoms with van der Waals surface area (Å²) in [7, 11) is -3.20. The van der Waals surface area contributed by atoms with Crippen molar-refractivity contribution in [1.82, 2.24) is 0 Å². The lowest BCUT2D eigenvalue weighted by atomic mass is 11.4. The van der Waals surface area contributed by atoms with Crippen molar-refractivity contribution >= 4 is 14.7 Å². The van der Waals surface area contributed by atoms with E-state index in [-0.39, 0.29) is 0 Å². The molecule has 6 heteroatoms. The van der Waals surface area contributed by atoms with Gasteiger partial charge in [-0.25, -0.2) is 0 Å². The summed E-state index contributed by atoms with van der Waals surface area (Å²) in [5, 5.41) is 0. The Kier molecular flexibility index (Phi) is 4.23. The van der Waals surface area contributed by atoms with Crippen LogP contribution in [0.1, 0.15) is 0 Å². The zero-order valence-corrected chi connectivity index (χ0v) is 9.32. The van der Waals surface area contributed by atoms with Crippen LogP contribution in [0.15, 0.2) is 0 Å². The third-order valence-corrected chi connectivity index (χ3v) is 3.76. The molecule has 0 saturated carbocycles. The predicted octanol–water partition coefficient (Wildman–Crippen LogP) is 2.01. The van der Waals surface area contributed by atoms with Gasteiger partial charge in [0.05, 0.1) is 0 Å². The number of hydrogen-bond donors (Lipinski definition) is 0. The van der Waals surface area contributed by atoms with Gasteiger partial charge < -0.3 is 9.05 Å². The SMILES string of the molecule is COP(C)(=O)C#CP(C)(=O)OC. The highest BCUT2D eigenvalue weighted by molar-refractivity contribution is 7.67. The summed E-state index contributed by atoms with van der Waals surface area (Å²) in [5.74, 6) is 0. The predicted molar refractivity (Wildman–Crippen MR) is 48.9 cm³/mol. The third kappa shape index (κ3) is 4.74. The zero-order valence-electron chi connectivity index (χ0n) is 7.53. The molecule has 70 valence electrons. The molecule has 2 atom stereocenters. The normalized spacial score (nSPS) is 20.0. The molecule has 0 aromatic carbocycles. The molecule has 0 rings (SSSR count). The fourth-order valence-electron chi connectivity index (χ4n) is 0.273. The molecule has 0 heterocycles. The Hall–Kier alpha value is -0.0600. The van der Waals surface area contributed by atoms with E-state index in [9.17, 15) is 9.13 Å². The highest BCUT2D eigenvalue weighted by atomic mass is 31.2. The van der Waals surface area contributed by atoms with Crippen LogP contribution in [0.4, 0.5) is 0 Å². The minimum Gasteiger partial charge on any atom is -0.323 e. The lowest BCUT2D eigenvalue weighted by Crippen LogP contribution is -1.79. The smallest absolute Gasteiger partial charge is 0.270 e. The lowest BCUT2D eigenvalue weighted by molar-refractivity contribution is 0.406. The summed E-state index contributed by atoms with van der Waals surface area (Å²) in [6.07, 6.45) is 0. The Balaban J connectivity index is 4.63. The molecule has 0 aliphatic carbocycles. The minimum atomic E-state index is -2.90. The van der Waals surface area contributed by atoms with E-state index in [4.69, 9.17) is 0 Å². The Morgan fingerprint density at radius 1 is 0.917 bits per heavy atom. The second kappa shape index (κ2) is 4.25. The fraction of sp³-hybridized carbons (Fsp3) is 0.667. The van der Waals surface area contributed by atoms with Crippen LogP contribution in [0.3, 0.4) is 0 Å². The van der Waals surface area contributed by atoms with Crippen molar-refractivity contribution in [2.24, 2.45) is 0 Å². The average molecular weight is 210 g/mol. The summed E-state index contributed by atoms with van der Waals surface area (Å²) in [6.45, 7) is 2.71. The van der Waals surface area contributed by atoms with Crippen molar-refractivity contribution < 1.29 is 18.2 Å². The van der Waals surface area contributed by atoms with E-state index in [0.29, 0.717) is 0 Å².